The number of nitrogens with zero attached hydrogens (tertiary/aromatic N) is 2. The highest BCUT2D eigenvalue weighted by Crippen LogP contribution is 2.38. The fourth-order valence-electron chi connectivity index (χ4n) is 5.27. The molecule has 0 atom stereocenters. The predicted molar refractivity (Wildman–Crippen MR) is 157 cm³/mol. The van der Waals surface area contributed by atoms with Crippen LogP contribution in [0.3, 0.4) is 0 Å². The summed E-state index contributed by atoms with van der Waals surface area (Å²) >= 11 is 0. The van der Waals surface area contributed by atoms with Crippen molar-refractivity contribution in [2.75, 3.05) is 25.5 Å². The summed E-state index contributed by atoms with van der Waals surface area (Å²) in [7, 11) is 1.51. The second-order valence-electron chi connectivity index (χ2n) is 10.5. The molecule has 0 bridgehead atoms. The van der Waals surface area contributed by atoms with Gasteiger partial charge in [-0.05, 0) is 84.0 Å². The van der Waals surface area contributed by atoms with E-state index in [-0.39, 0.29) is 12.5 Å². The summed E-state index contributed by atoms with van der Waals surface area (Å²) < 4.78 is 21.0. The highest BCUT2D eigenvalue weighted by molar-refractivity contribution is 6.03. The number of carbonyl (C=O) groups is 2. The molecule has 3 aromatic carbocycles. The molecule has 1 saturated heterocycles. The number of carboxylic acid groups (broad SMARTS) is 1. The largest absolute Gasteiger partial charge is 0.496 e. The van der Waals surface area contributed by atoms with Gasteiger partial charge in [-0.2, -0.15) is 0 Å². The number of carbonyl (C=O) groups excluding carboxylic acids is 1. The van der Waals surface area contributed by atoms with Gasteiger partial charge in [0, 0.05) is 37.1 Å². The number of hydrogen-bond donors (Lipinski definition) is 2. The summed E-state index contributed by atoms with van der Waals surface area (Å²) in [6.07, 6.45) is 1.66. The summed E-state index contributed by atoms with van der Waals surface area (Å²) in [6.45, 7) is 6.94. The first-order chi connectivity index (χ1) is 19.7. The smallest absolute Gasteiger partial charge is 0.309 e. The van der Waals surface area contributed by atoms with Crippen molar-refractivity contribution in [3.63, 3.8) is 0 Å². The first kappa shape index (κ1) is 28.0. The SMILES string of the molecule is COc1cc(-c2cccc(-c3cccc(NC(=O)c4ccc(C)cn4)c3C)c2C)cc(F)c1CN1CC(C(=O)O)C1. The lowest BCUT2D eigenvalue weighted by atomic mass is 9.90. The summed E-state index contributed by atoms with van der Waals surface area (Å²) in [4.78, 5) is 30.1. The maximum absolute atomic E-state index is 15.4. The molecule has 5 rings (SSSR count). The van der Waals surface area contributed by atoms with Crippen LogP contribution >= 0.6 is 0 Å². The second-order valence-corrected chi connectivity index (χ2v) is 10.5. The Kier molecular flexibility index (Phi) is 7.85. The molecule has 0 spiro atoms. The Morgan fingerprint density at radius 2 is 1.68 bits per heavy atom. The van der Waals surface area contributed by atoms with Gasteiger partial charge in [0.05, 0.1) is 13.0 Å². The molecule has 2 heterocycles. The fourth-order valence-corrected chi connectivity index (χ4v) is 5.27. The maximum Gasteiger partial charge on any atom is 0.309 e. The van der Waals surface area contributed by atoms with Gasteiger partial charge in [0.15, 0.2) is 0 Å². The molecule has 0 radical (unpaired) electrons. The molecule has 41 heavy (non-hydrogen) atoms. The van der Waals surface area contributed by atoms with Crippen LogP contribution in [-0.2, 0) is 11.3 Å². The lowest BCUT2D eigenvalue weighted by Gasteiger charge is -2.36. The Hall–Kier alpha value is -4.56. The Bertz CT molecular complexity index is 1630. The summed E-state index contributed by atoms with van der Waals surface area (Å²) in [5.74, 6) is -1.49. The Morgan fingerprint density at radius 1 is 1.00 bits per heavy atom. The minimum absolute atomic E-state index is 0.282. The Morgan fingerprint density at radius 3 is 2.34 bits per heavy atom. The van der Waals surface area contributed by atoms with Gasteiger partial charge in [0.2, 0.25) is 0 Å². The van der Waals surface area contributed by atoms with E-state index in [1.807, 2.05) is 74.2 Å². The van der Waals surface area contributed by atoms with Crippen LogP contribution in [0.15, 0.2) is 66.9 Å². The first-order valence-electron chi connectivity index (χ1n) is 13.4. The zero-order chi connectivity index (χ0) is 29.3. The van der Waals surface area contributed by atoms with Crippen LogP contribution in [0.2, 0.25) is 0 Å². The molecule has 1 aliphatic heterocycles. The third-order valence-electron chi connectivity index (χ3n) is 7.72. The topological polar surface area (TPSA) is 91.8 Å². The summed E-state index contributed by atoms with van der Waals surface area (Å²) in [5.41, 5.74) is 7.75. The predicted octanol–water partition coefficient (Wildman–Crippen LogP) is 6.26. The maximum atomic E-state index is 15.4. The molecule has 0 unspecified atom stereocenters. The Balaban J connectivity index is 1.44. The molecule has 210 valence electrons. The molecule has 1 amide bonds. The molecule has 1 fully saturated rings. The molecule has 8 heteroatoms. The number of methoxy groups -OCH3 is 1. The molecule has 1 aliphatic rings. The Labute approximate surface area is 238 Å². The van der Waals surface area contributed by atoms with E-state index in [0.717, 1.165) is 33.4 Å². The normalized spacial score (nSPS) is 13.5. The molecule has 2 N–H and O–H groups in total. The van der Waals surface area contributed by atoms with Crippen molar-refractivity contribution in [3.8, 4) is 28.0 Å². The third kappa shape index (κ3) is 5.69. The van der Waals surface area contributed by atoms with Crippen molar-refractivity contribution in [2.24, 2.45) is 5.92 Å². The number of amides is 1. The lowest BCUT2D eigenvalue weighted by Crippen LogP contribution is -2.49. The van der Waals surface area contributed by atoms with Crippen molar-refractivity contribution in [1.82, 2.24) is 9.88 Å². The number of hydrogen-bond acceptors (Lipinski definition) is 5. The molecule has 4 aromatic rings. The van der Waals surface area contributed by atoms with Crippen LogP contribution in [0, 0.1) is 32.5 Å². The lowest BCUT2D eigenvalue weighted by molar-refractivity contribution is -0.147. The van der Waals surface area contributed by atoms with E-state index in [0.29, 0.717) is 41.3 Å². The van der Waals surface area contributed by atoms with Gasteiger partial charge >= 0.3 is 5.97 Å². The van der Waals surface area contributed by atoms with Crippen molar-refractivity contribution in [1.29, 1.82) is 0 Å². The summed E-state index contributed by atoms with van der Waals surface area (Å²) in [5, 5.41) is 12.1. The number of aryl methyl sites for hydroxylation is 1. The summed E-state index contributed by atoms with van der Waals surface area (Å²) in [6, 6.07) is 18.5. The number of benzene rings is 3. The van der Waals surface area contributed by atoms with Gasteiger partial charge in [-0.15, -0.1) is 0 Å². The number of nitrogens with one attached hydrogen (secondary N) is 1. The van der Waals surface area contributed by atoms with Crippen LogP contribution in [0.25, 0.3) is 22.3 Å². The van der Waals surface area contributed by atoms with Gasteiger partial charge in [-0.3, -0.25) is 19.5 Å². The molecule has 7 nitrogen and oxygen atoms in total. The van der Waals surface area contributed by atoms with Crippen molar-refractivity contribution < 1.29 is 23.8 Å². The van der Waals surface area contributed by atoms with Crippen LogP contribution in [0.5, 0.6) is 5.75 Å². The quantitative estimate of drug-likeness (QED) is 0.268. The minimum atomic E-state index is -0.828. The zero-order valence-electron chi connectivity index (χ0n) is 23.5. The number of rotatable bonds is 8. The number of pyridine rings is 1. The highest BCUT2D eigenvalue weighted by atomic mass is 19.1. The molecular formula is C33H32FN3O4. The van der Waals surface area contributed by atoms with E-state index in [1.165, 1.54) is 13.2 Å². The van der Waals surface area contributed by atoms with E-state index in [9.17, 15) is 9.59 Å². The standard InChI is InChI=1S/C33H32FN3O4/c1-19-11-12-30(35-15-19)32(38)36-29-10-6-9-26(21(29)3)25-8-5-7-24(20(25)2)22-13-28(34)27(31(14-22)41-4)18-37-16-23(17-37)33(39)40/h5-15,23H,16-18H2,1-4H3,(H,36,38)(H,39,40). The van der Waals surface area contributed by atoms with E-state index < -0.39 is 17.7 Å². The first-order valence-corrected chi connectivity index (χ1v) is 13.4. The average molecular weight is 554 g/mol. The van der Waals surface area contributed by atoms with Gasteiger partial charge < -0.3 is 15.2 Å². The van der Waals surface area contributed by atoms with Crippen molar-refractivity contribution in [3.05, 3.63) is 101 Å². The third-order valence-corrected chi connectivity index (χ3v) is 7.72. The average Bonchev–Trinajstić information content (AvgIpc) is 2.92. The van der Waals surface area contributed by atoms with Gasteiger partial charge in [-0.25, -0.2) is 4.39 Å². The van der Waals surface area contributed by atoms with Gasteiger partial charge in [0.1, 0.15) is 17.3 Å². The number of anilines is 1. The van der Waals surface area contributed by atoms with Crippen LogP contribution in [-0.4, -0.2) is 47.1 Å². The number of aromatic nitrogens is 1. The van der Waals surface area contributed by atoms with Gasteiger partial charge in [-0.1, -0.05) is 36.4 Å². The van der Waals surface area contributed by atoms with E-state index >= 15 is 4.39 Å². The number of carboxylic acids is 1. The zero-order valence-corrected chi connectivity index (χ0v) is 23.5. The van der Waals surface area contributed by atoms with Gasteiger partial charge in [0.25, 0.3) is 5.91 Å². The van der Waals surface area contributed by atoms with Crippen LogP contribution < -0.4 is 10.1 Å². The monoisotopic (exact) mass is 553 g/mol. The number of ether oxygens (including phenoxy) is 1. The molecule has 0 saturated carbocycles. The second kappa shape index (κ2) is 11.5. The van der Waals surface area contributed by atoms with E-state index in [1.54, 1.807) is 12.3 Å². The van der Waals surface area contributed by atoms with Crippen LogP contribution in [0.4, 0.5) is 10.1 Å². The molecular weight excluding hydrogens is 521 g/mol. The molecule has 1 aromatic heterocycles. The number of aliphatic carboxylic acids is 1. The molecule has 0 aliphatic carbocycles. The number of likely N-dealkylation sites (tertiary alicyclic amines) is 1. The fraction of sp³-hybridized carbons (Fsp3) is 0.242. The van der Waals surface area contributed by atoms with E-state index in [4.69, 9.17) is 9.84 Å². The van der Waals surface area contributed by atoms with E-state index in [2.05, 4.69) is 10.3 Å². The van der Waals surface area contributed by atoms with Crippen LogP contribution in [0.1, 0.15) is 32.7 Å². The highest BCUT2D eigenvalue weighted by Gasteiger charge is 2.33. The minimum Gasteiger partial charge on any atom is -0.496 e. The van der Waals surface area contributed by atoms with Crippen molar-refractivity contribution >= 4 is 17.6 Å². The number of halogens is 1. The van der Waals surface area contributed by atoms with Crippen molar-refractivity contribution in [2.45, 2.75) is 27.3 Å².